The zero-order chi connectivity index (χ0) is 19.9. The number of sulfonamides is 1. The molecule has 0 aromatic heterocycles. The van der Waals surface area contributed by atoms with E-state index in [1.54, 1.807) is 0 Å². The second kappa shape index (κ2) is 10.1. The van der Waals surface area contributed by atoms with Crippen molar-refractivity contribution in [2.45, 2.75) is 46.0 Å². The molecule has 0 bridgehead atoms. The van der Waals surface area contributed by atoms with Crippen LogP contribution in [0.3, 0.4) is 0 Å². The summed E-state index contributed by atoms with van der Waals surface area (Å²) >= 11 is 0. The van der Waals surface area contributed by atoms with Gasteiger partial charge in [0.05, 0.1) is 11.9 Å². The van der Waals surface area contributed by atoms with Crippen LogP contribution in [-0.2, 0) is 14.8 Å². The topological polar surface area (TPSA) is 69.7 Å². The minimum absolute atomic E-state index is 0.00848. The standard InChI is InChI=1S/C20H33N3O3S/c1-17-9-6-10-19(18(17)2)23(27(3,25)26)16-7-11-20(24)21-12-8-15-22-13-4-5-14-22/h6,9-10H,4-5,7-8,11-16H2,1-3H3,(H,21,24). The van der Waals surface area contributed by atoms with E-state index in [4.69, 9.17) is 0 Å². The fraction of sp³-hybridized carbons (Fsp3) is 0.650. The Kier molecular flexibility index (Phi) is 8.10. The van der Waals surface area contributed by atoms with Crippen molar-refractivity contribution in [1.82, 2.24) is 10.2 Å². The highest BCUT2D eigenvalue weighted by atomic mass is 32.2. The van der Waals surface area contributed by atoms with E-state index < -0.39 is 10.0 Å². The molecule has 1 heterocycles. The van der Waals surface area contributed by atoms with Crippen molar-refractivity contribution in [2.75, 3.05) is 43.3 Å². The Hall–Kier alpha value is -1.60. The Morgan fingerprint density at radius 1 is 1.19 bits per heavy atom. The molecule has 152 valence electrons. The van der Waals surface area contributed by atoms with Crippen LogP contribution in [0, 0.1) is 13.8 Å². The minimum Gasteiger partial charge on any atom is -0.356 e. The van der Waals surface area contributed by atoms with E-state index in [2.05, 4.69) is 10.2 Å². The SMILES string of the molecule is Cc1cccc(N(CCCC(=O)NCCCN2CCCC2)S(C)(=O)=O)c1C. The van der Waals surface area contributed by atoms with Gasteiger partial charge in [0, 0.05) is 19.5 Å². The predicted octanol–water partition coefficient (Wildman–Crippen LogP) is 2.45. The molecule has 1 saturated heterocycles. The second-order valence-electron chi connectivity index (χ2n) is 7.41. The minimum atomic E-state index is -3.39. The van der Waals surface area contributed by atoms with Gasteiger partial charge in [-0.2, -0.15) is 0 Å². The number of aryl methyl sites for hydroxylation is 1. The number of likely N-dealkylation sites (tertiary alicyclic amines) is 1. The fourth-order valence-corrected chi connectivity index (χ4v) is 4.49. The zero-order valence-corrected chi connectivity index (χ0v) is 17.6. The van der Waals surface area contributed by atoms with Gasteiger partial charge in [-0.3, -0.25) is 9.10 Å². The average molecular weight is 396 g/mol. The van der Waals surface area contributed by atoms with Crippen LogP contribution in [0.2, 0.25) is 0 Å². The van der Waals surface area contributed by atoms with Gasteiger partial charge >= 0.3 is 0 Å². The van der Waals surface area contributed by atoms with Crippen molar-refractivity contribution < 1.29 is 13.2 Å². The molecule has 7 heteroatoms. The van der Waals surface area contributed by atoms with Crippen molar-refractivity contribution >= 4 is 21.6 Å². The Morgan fingerprint density at radius 2 is 1.89 bits per heavy atom. The number of carbonyl (C=O) groups is 1. The molecule has 0 saturated carbocycles. The summed E-state index contributed by atoms with van der Waals surface area (Å²) in [6.07, 6.45) is 5.57. The van der Waals surface area contributed by atoms with E-state index in [9.17, 15) is 13.2 Å². The summed E-state index contributed by atoms with van der Waals surface area (Å²) in [6, 6.07) is 5.65. The van der Waals surface area contributed by atoms with E-state index >= 15 is 0 Å². The van der Waals surface area contributed by atoms with Gasteiger partial charge in [0.25, 0.3) is 0 Å². The van der Waals surface area contributed by atoms with E-state index in [1.807, 2.05) is 32.0 Å². The summed E-state index contributed by atoms with van der Waals surface area (Å²) in [5.41, 5.74) is 2.70. The molecule has 1 aromatic rings. The van der Waals surface area contributed by atoms with Crippen LogP contribution >= 0.6 is 0 Å². The molecule has 0 unspecified atom stereocenters. The second-order valence-corrected chi connectivity index (χ2v) is 9.32. The maximum Gasteiger partial charge on any atom is 0.232 e. The van der Waals surface area contributed by atoms with Crippen LogP contribution in [-0.4, -0.2) is 58.2 Å². The lowest BCUT2D eigenvalue weighted by Crippen LogP contribution is -2.33. The number of hydrogen-bond acceptors (Lipinski definition) is 4. The van der Waals surface area contributed by atoms with Crippen LogP contribution < -0.4 is 9.62 Å². The number of anilines is 1. The number of rotatable bonds is 10. The van der Waals surface area contributed by atoms with Gasteiger partial charge < -0.3 is 10.2 Å². The van der Waals surface area contributed by atoms with Crippen LogP contribution in [0.15, 0.2) is 18.2 Å². The van der Waals surface area contributed by atoms with E-state index in [0.717, 1.165) is 24.1 Å². The lowest BCUT2D eigenvalue weighted by atomic mass is 10.1. The molecule has 1 aliphatic rings. The number of benzene rings is 1. The highest BCUT2D eigenvalue weighted by Crippen LogP contribution is 2.25. The normalized spacial score (nSPS) is 15.1. The molecule has 1 aliphatic heterocycles. The van der Waals surface area contributed by atoms with Crippen molar-refractivity contribution in [3.05, 3.63) is 29.3 Å². The predicted molar refractivity (Wildman–Crippen MR) is 111 cm³/mol. The van der Waals surface area contributed by atoms with Crippen LogP contribution in [0.4, 0.5) is 5.69 Å². The van der Waals surface area contributed by atoms with Crippen LogP contribution in [0.1, 0.15) is 43.2 Å². The first kappa shape index (κ1) is 21.7. The largest absolute Gasteiger partial charge is 0.356 e. The van der Waals surface area contributed by atoms with Crippen LogP contribution in [0.5, 0.6) is 0 Å². The zero-order valence-electron chi connectivity index (χ0n) is 16.8. The molecule has 2 rings (SSSR count). The molecule has 27 heavy (non-hydrogen) atoms. The Morgan fingerprint density at radius 3 is 2.56 bits per heavy atom. The number of amides is 1. The summed E-state index contributed by atoms with van der Waals surface area (Å²) in [4.78, 5) is 14.5. The lowest BCUT2D eigenvalue weighted by molar-refractivity contribution is -0.121. The average Bonchev–Trinajstić information content (AvgIpc) is 3.11. The Balaban J connectivity index is 1.78. The number of hydrogen-bond donors (Lipinski definition) is 1. The van der Waals surface area contributed by atoms with Crippen molar-refractivity contribution in [2.24, 2.45) is 0 Å². The first-order chi connectivity index (χ1) is 12.8. The highest BCUT2D eigenvalue weighted by molar-refractivity contribution is 7.92. The van der Waals surface area contributed by atoms with Crippen molar-refractivity contribution in [1.29, 1.82) is 0 Å². The smallest absolute Gasteiger partial charge is 0.232 e. The van der Waals surface area contributed by atoms with Gasteiger partial charge in [-0.15, -0.1) is 0 Å². The van der Waals surface area contributed by atoms with Gasteiger partial charge in [0.1, 0.15) is 0 Å². The third-order valence-corrected chi connectivity index (χ3v) is 6.36. The van der Waals surface area contributed by atoms with Gasteiger partial charge in [0.15, 0.2) is 0 Å². The number of carbonyl (C=O) groups excluding carboxylic acids is 1. The number of nitrogens with zero attached hydrogens (tertiary/aromatic N) is 2. The molecule has 0 aliphatic carbocycles. The summed E-state index contributed by atoms with van der Waals surface area (Å²) in [5.74, 6) is -0.00848. The van der Waals surface area contributed by atoms with Gasteiger partial charge in [-0.05, 0) is 76.4 Å². The summed E-state index contributed by atoms with van der Waals surface area (Å²) in [5, 5.41) is 2.95. The molecule has 6 nitrogen and oxygen atoms in total. The maximum absolute atomic E-state index is 12.2. The third kappa shape index (κ3) is 6.81. The molecule has 0 spiro atoms. The quantitative estimate of drug-likeness (QED) is 0.618. The van der Waals surface area contributed by atoms with Gasteiger partial charge in [-0.25, -0.2) is 8.42 Å². The lowest BCUT2D eigenvalue weighted by Gasteiger charge is -2.25. The summed E-state index contributed by atoms with van der Waals surface area (Å²) < 4.78 is 25.9. The monoisotopic (exact) mass is 395 g/mol. The van der Waals surface area contributed by atoms with Gasteiger partial charge in [0.2, 0.25) is 15.9 Å². The summed E-state index contributed by atoms with van der Waals surface area (Å²) in [7, 11) is -3.39. The third-order valence-electron chi connectivity index (χ3n) is 5.18. The first-order valence-corrected chi connectivity index (χ1v) is 11.7. The Labute approximate surface area is 164 Å². The van der Waals surface area contributed by atoms with Crippen molar-refractivity contribution in [3.8, 4) is 0 Å². The summed E-state index contributed by atoms with van der Waals surface area (Å²) in [6.45, 7) is 8.27. The molecular formula is C20H33N3O3S. The molecule has 0 atom stereocenters. The molecule has 1 amide bonds. The van der Waals surface area contributed by atoms with E-state index in [1.165, 1.54) is 36.5 Å². The van der Waals surface area contributed by atoms with Crippen molar-refractivity contribution in [3.63, 3.8) is 0 Å². The molecular weight excluding hydrogens is 362 g/mol. The Bertz CT molecular complexity index is 728. The first-order valence-electron chi connectivity index (χ1n) is 9.82. The highest BCUT2D eigenvalue weighted by Gasteiger charge is 2.19. The van der Waals surface area contributed by atoms with E-state index in [-0.39, 0.29) is 5.91 Å². The molecule has 1 aromatic carbocycles. The molecule has 1 fully saturated rings. The van der Waals surface area contributed by atoms with Crippen LogP contribution in [0.25, 0.3) is 0 Å². The van der Waals surface area contributed by atoms with Gasteiger partial charge in [-0.1, -0.05) is 12.1 Å². The molecule has 0 radical (unpaired) electrons. The van der Waals surface area contributed by atoms with E-state index in [0.29, 0.717) is 31.6 Å². The number of nitrogens with one attached hydrogen (secondary N) is 1. The maximum atomic E-state index is 12.2. The fourth-order valence-electron chi connectivity index (χ4n) is 3.48. The molecule has 1 N–H and O–H groups in total.